The van der Waals surface area contributed by atoms with Gasteiger partial charge in [0.2, 0.25) is 5.91 Å². The number of aliphatic imine (C=N–C) groups is 1. The van der Waals surface area contributed by atoms with Crippen LogP contribution >= 0.6 is 0 Å². The van der Waals surface area contributed by atoms with Crippen LogP contribution < -0.4 is 16.4 Å². The lowest BCUT2D eigenvalue weighted by atomic mass is 10.1. The maximum Gasteiger partial charge on any atom is 0.248 e. The van der Waals surface area contributed by atoms with Crippen molar-refractivity contribution in [2.75, 3.05) is 7.05 Å². The van der Waals surface area contributed by atoms with Crippen molar-refractivity contribution in [3.05, 3.63) is 70.5 Å². The number of benzene rings is 2. The molecule has 0 spiro atoms. The molecular formula is C19H23FN4O. The number of halogens is 1. The first-order chi connectivity index (χ1) is 11.9. The molecule has 0 aromatic heterocycles. The number of hydrogen-bond acceptors (Lipinski definition) is 2. The molecule has 0 bridgehead atoms. The number of rotatable bonds is 5. The van der Waals surface area contributed by atoms with Gasteiger partial charge in [-0.15, -0.1) is 0 Å². The van der Waals surface area contributed by atoms with Crippen LogP contribution in [0, 0.1) is 12.7 Å². The summed E-state index contributed by atoms with van der Waals surface area (Å²) in [5.74, 6) is -0.102. The van der Waals surface area contributed by atoms with Gasteiger partial charge in [0.15, 0.2) is 5.96 Å². The molecule has 6 heteroatoms. The Morgan fingerprint density at radius 1 is 1.28 bits per heavy atom. The molecule has 25 heavy (non-hydrogen) atoms. The molecule has 132 valence electrons. The smallest absolute Gasteiger partial charge is 0.248 e. The molecule has 4 N–H and O–H groups in total. The van der Waals surface area contributed by atoms with E-state index in [4.69, 9.17) is 5.73 Å². The van der Waals surface area contributed by atoms with Crippen LogP contribution in [0.1, 0.15) is 40.0 Å². The fraction of sp³-hybridized carbons (Fsp3) is 0.263. The number of carbonyl (C=O) groups excluding carboxylic acids is 1. The highest BCUT2D eigenvalue weighted by molar-refractivity contribution is 5.92. The van der Waals surface area contributed by atoms with Gasteiger partial charge in [-0.25, -0.2) is 4.39 Å². The third kappa shape index (κ3) is 5.04. The van der Waals surface area contributed by atoms with E-state index >= 15 is 0 Å². The summed E-state index contributed by atoms with van der Waals surface area (Å²) in [5, 5.41) is 6.39. The van der Waals surface area contributed by atoms with E-state index in [1.165, 1.54) is 6.07 Å². The van der Waals surface area contributed by atoms with Gasteiger partial charge in [-0.2, -0.15) is 0 Å². The van der Waals surface area contributed by atoms with Gasteiger partial charge in [0, 0.05) is 19.2 Å². The van der Waals surface area contributed by atoms with Gasteiger partial charge in [0.25, 0.3) is 0 Å². The van der Waals surface area contributed by atoms with Gasteiger partial charge in [-0.3, -0.25) is 9.79 Å². The summed E-state index contributed by atoms with van der Waals surface area (Å²) in [6, 6.07) is 12.1. The molecule has 0 fully saturated rings. The quantitative estimate of drug-likeness (QED) is 0.577. The molecule has 5 nitrogen and oxygen atoms in total. The minimum absolute atomic E-state index is 0.113. The van der Waals surface area contributed by atoms with Crippen LogP contribution in [0.4, 0.5) is 4.39 Å². The van der Waals surface area contributed by atoms with Crippen molar-refractivity contribution < 1.29 is 9.18 Å². The van der Waals surface area contributed by atoms with E-state index in [0.717, 1.165) is 11.1 Å². The standard InChI is InChI=1S/C19H23FN4O/c1-12-7-8-15(10-17(12)20)13(2)24-19(22-3)23-11-14-5-4-6-16(9-14)18(21)25/h4-10,13H,11H2,1-3H3,(H2,21,25)(H2,22,23,24). The Balaban J connectivity index is 1.99. The van der Waals surface area contributed by atoms with Gasteiger partial charge < -0.3 is 16.4 Å². The predicted molar refractivity (Wildman–Crippen MR) is 97.8 cm³/mol. The highest BCUT2D eigenvalue weighted by Crippen LogP contribution is 2.16. The van der Waals surface area contributed by atoms with Crippen LogP contribution in [0.2, 0.25) is 0 Å². The highest BCUT2D eigenvalue weighted by atomic mass is 19.1. The number of hydrogen-bond donors (Lipinski definition) is 3. The largest absolute Gasteiger partial charge is 0.366 e. The lowest BCUT2D eigenvalue weighted by Crippen LogP contribution is -2.38. The predicted octanol–water partition coefficient (Wildman–Crippen LogP) is 2.66. The van der Waals surface area contributed by atoms with E-state index in [1.54, 1.807) is 38.2 Å². The maximum absolute atomic E-state index is 13.7. The molecule has 0 saturated heterocycles. The Labute approximate surface area is 147 Å². The summed E-state index contributed by atoms with van der Waals surface area (Å²) in [5.41, 5.74) is 8.12. The van der Waals surface area contributed by atoms with Crippen LogP contribution in [0.25, 0.3) is 0 Å². The van der Waals surface area contributed by atoms with Gasteiger partial charge in [-0.05, 0) is 48.7 Å². The zero-order valence-electron chi connectivity index (χ0n) is 14.6. The number of guanidine groups is 1. The molecule has 2 aromatic rings. The Bertz CT molecular complexity index is 789. The summed E-state index contributed by atoms with van der Waals surface area (Å²) >= 11 is 0. The van der Waals surface area contributed by atoms with Crippen molar-refractivity contribution in [3.63, 3.8) is 0 Å². The van der Waals surface area contributed by atoms with Crippen molar-refractivity contribution >= 4 is 11.9 Å². The number of nitrogens with zero attached hydrogens (tertiary/aromatic N) is 1. The number of primary amides is 1. The fourth-order valence-corrected chi connectivity index (χ4v) is 2.38. The van der Waals surface area contributed by atoms with Crippen molar-refractivity contribution in [2.24, 2.45) is 10.7 Å². The van der Waals surface area contributed by atoms with Crippen molar-refractivity contribution in [2.45, 2.75) is 26.4 Å². The van der Waals surface area contributed by atoms with Crippen molar-refractivity contribution in [3.8, 4) is 0 Å². The average Bonchev–Trinajstić information content (AvgIpc) is 2.60. The Morgan fingerprint density at radius 2 is 2.04 bits per heavy atom. The molecular weight excluding hydrogens is 319 g/mol. The molecule has 0 saturated carbocycles. The molecule has 0 radical (unpaired) electrons. The minimum atomic E-state index is -0.459. The molecule has 0 heterocycles. The second-order valence-corrected chi connectivity index (χ2v) is 5.87. The molecule has 1 unspecified atom stereocenters. The SMILES string of the molecule is CN=C(NCc1cccc(C(N)=O)c1)NC(C)c1ccc(C)c(F)c1. The highest BCUT2D eigenvalue weighted by Gasteiger charge is 2.10. The van der Waals surface area contributed by atoms with Crippen LogP contribution in [0.3, 0.4) is 0 Å². The normalized spacial score (nSPS) is 12.6. The van der Waals surface area contributed by atoms with Gasteiger partial charge in [0.05, 0.1) is 6.04 Å². The zero-order chi connectivity index (χ0) is 18.4. The van der Waals surface area contributed by atoms with Crippen molar-refractivity contribution in [1.29, 1.82) is 0 Å². The van der Waals surface area contributed by atoms with Crippen LogP contribution in [0.15, 0.2) is 47.5 Å². The third-order valence-corrected chi connectivity index (χ3v) is 3.94. The van der Waals surface area contributed by atoms with E-state index in [9.17, 15) is 9.18 Å². The topological polar surface area (TPSA) is 79.5 Å². The second kappa shape index (κ2) is 8.28. The number of nitrogens with one attached hydrogen (secondary N) is 2. The molecule has 2 aromatic carbocycles. The Morgan fingerprint density at radius 3 is 2.68 bits per heavy atom. The molecule has 0 aliphatic carbocycles. The van der Waals surface area contributed by atoms with Crippen molar-refractivity contribution in [1.82, 2.24) is 10.6 Å². The van der Waals surface area contributed by atoms with Gasteiger partial charge >= 0.3 is 0 Å². The van der Waals surface area contributed by atoms with E-state index in [0.29, 0.717) is 23.6 Å². The van der Waals surface area contributed by atoms with E-state index < -0.39 is 5.91 Å². The molecule has 2 rings (SSSR count). The second-order valence-electron chi connectivity index (χ2n) is 5.87. The van der Waals surface area contributed by atoms with Gasteiger partial charge in [-0.1, -0.05) is 24.3 Å². The third-order valence-electron chi connectivity index (χ3n) is 3.94. The minimum Gasteiger partial charge on any atom is -0.366 e. The molecule has 1 atom stereocenters. The summed E-state index contributed by atoms with van der Waals surface area (Å²) in [4.78, 5) is 15.4. The lowest BCUT2D eigenvalue weighted by Gasteiger charge is -2.19. The first-order valence-corrected chi connectivity index (χ1v) is 8.02. The Kier molecular flexibility index (Phi) is 6.11. The summed E-state index contributed by atoms with van der Waals surface area (Å²) in [6.45, 7) is 4.15. The van der Waals surface area contributed by atoms with Crippen LogP contribution in [0.5, 0.6) is 0 Å². The molecule has 0 aliphatic heterocycles. The first-order valence-electron chi connectivity index (χ1n) is 8.02. The van der Waals surface area contributed by atoms with Crippen LogP contribution in [-0.2, 0) is 6.54 Å². The van der Waals surface area contributed by atoms with E-state index in [2.05, 4.69) is 15.6 Å². The first kappa shape index (κ1) is 18.4. The number of nitrogens with two attached hydrogens (primary N) is 1. The van der Waals surface area contributed by atoms with Gasteiger partial charge in [0.1, 0.15) is 5.82 Å². The summed E-state index contributed by atoms with van der Waals surface area (Å²) in [7, 11) is 1.66. The summed E-state index contributed by atoms with van der Waals surface area (Å²) in [6.07, 6.45) is 0. The summed E-state index contributed by atoms with van der Waals surface area (Å²) < 4.78 is 13.7. The van der Waals surface area contributed by atoms with E-state index in [1.807, 2.05) is 19.1 Å². The van der Waals surface area contributed by atoms with Crippen LogP contribution in [-0.4, -0.2) is 18.9 Å². The lowest BCUT2D eigenvalue weighted by molar-refractivity contribution is 0.1000. The Hall–Kier alpha value is -2.89. The van der Waals surface area contributed by atoms with E-state index in [-0.39, 0.29) is 11.9 Å². The zero-order valence-corrected chi connectivity index (χ0v) is 14.6. The number of aryl methyl sites for hydroxylation is 1. The average molecular weight is 342 g/mol. The molecule has 1 amide bonds. The maximum atomic E-state index is 13.7. The number of amides is 1. The number of carbonyl (C=O) groups is 1. The fourth-order valence-electron chi connectivity index (χ4n) is 2.38. The monoisotopic (exact) mass is 342 g/mol. The molecule has 0 aliphatic rings.